The monoisotopic (exact) mass is 520 g/mol. The lowest BCUT2D eigenvalue weighted by molar-refractivity contribution is -0.0793. The van der Waals surface area contributed by atoms with Crippen LogP contribution in [0.4, 0.5) is 0 Å². The average Bonchev–Trinajstić information content (AvgIpc) is 2.67. The van der Waals surface area contributed by atoms with Crippen LogP contribution in [0, 0.1) is 6.92 Å². The number of hydrogen-bond donors (Lipinski definition) is 6. The molecule has 6 N–H and O–H groups in total. The van der Waals surface area contributed by atoms with Crippen molar-refractivity contribution in [3.63, 3.8) is 0 Å². The van der Waals surface area contributed by atoms with Crippen LogP contribution < -0.4 is 11.2 Å². The van der Waals surface area contributed by atoms with Crippen LogP contribution in [-0.4, -0.2) is 69.5 Å². The Morgan fingerprint density at radius 2 is 1.87 bits per heavy atom. The molecule has 3 unspecified atom stereocenters. The number of rotatable bonds is 7. The second kappa shape index (κ2) is 8.84. The van der Waals surface area contributed by atoms with Gasteiger partial charge in [0.2, 0.25) is 0 Å². The summed E-state index contributed by atoms with van der Waals surface area (Å²) in [5.74, 6) is -0.157. The highest BCUT2D eigenvalue weighted by atomic mass is 79.9. The number of fused-ring (bicyclic) bond motifs is 2. The molecule has 1 aromatic carbocycles. The first-order valence-corrected chi connectivity index (χ1v) is 11.0. The molecule has 31 heavy (non-hydrogen) atoms. The molecular weight excluding hydrogens is 503 g/mol. The highest BCUT2D eigenvalue weighted by Gasteiger charge is 2.29. The standard InChI is InChI=1S/C16H18BrN4O9P/c1-6-2-9-8(3-7(6)17)18-12-14(19-16(26)20-15(12)25)21(9)4-10(22)13(24)11(23)5-30-31(27,28)29/h2-3,10-11,13,22-24H,4-5H2,1H3,(H,20,25,26)(H2,27,28,29). The van der Waals surface area contributed by atoms with E-state index in [1.54, 1.807) is 19.1 Å². The number of aromatic amines is 1. The molecule has 1 aromatic rings. The molecule has 2 heterocycles. The van der Waals surface area contributed by atoms with Crippen LogP contribution in [0.25, 0.3) is 22.6 Å². The fraction of sp³-hybridized carbons (Fsp3) is 0.375. The number of aromatic nitrogens is 4. The molecule has 13 nitrogen and oxygen atoms in total. The first kappa shape index (κ1) is 23.6. The lowest BCUT2D eigenvalue weighted by Crippen LogP contribution is -2.42. The van der Waals surface area contributed by atoms with Gasteiger partial charge in [-0.25, -0.2) is 14.3 Å². The first-order valence-electron chi connectivity index (χ1n) is 8.72. The molecule has 0 radical (unpaired) electrons. The molecule has 168 valence electrons. The minimum atomic E-state index is -4.90. The number of halogens is 1. The molecule has 15 heteroatoms. The summed E-state index contributed by atoms with van der Waals surface area (Å²) in [5, 5.41) is 30.5. The van der Waals surface area contributed by atoms with E-state index in [9.17, 15) is 29.5 Å². The molecular formula is C16H18BrN4O9P. The van der Waals surface area contributed by atoms with E-state index in [1.807, 2.05) is 4.98 Å². The summed E-state index contributed by atoms with van der Waals surface area (Å²) in [6.07, 6.45) is -5.43. The summed E-state index contributed by atoms with van der Waals surface area (Å²) in [6, 6.07) is 3.28. The predicted octanol–water partition coefficient (Wildman–Crippen LogP) is -1.15. The number of nitrogens with one attached hydrogen (secondary N) is 1. The van der Waals surface area contributed by atoms with Gasteiger partial charge in [0.1, 0.15) is 18.3 Å². The molecule has 0 amide bonds. The highest BCUT2D eigenvalue weighted by Crippen LogP contribution is 2.36. The largest absolute Gasteiger partial charge is 0.469 e. The van der Waals surface area contributed by atoms with Crippen molar-refractivity contribution >= 4 is 34.8 Å². The average molecular weight is 521 g/mol. The van der Waals surface area contributed by atoms with Crippen LogP contribution >= 0.6 is 23.8 Å². The van der Waals surface area contributed by atoms with Crippen LogP contribution in [0.2, 0.25) is 0 Å². The summed E-state index contributed by atoms with van der Waals surface area (Å²) in [5.41, 5.74) is -0.464. The number of phosphoric acid groups is 1. The van der Waals surface area contributed by atoms with Crippen molar-refractivity contribution in [1.29, 1.82) is 0 Å². The Morgan fingerprint density at radius 3 is 2.52 bits per heavy atom. The van der Waals surface area contributed by atoms with E-state index in [-0.39, 0.29) is 11.5 Å². The number of aliphatic hydroxyl groups excluding tert-OH is 3. The molecule has 2 aliphatic rings. The number of hydrogen-bond acceptors (Lipinski definition) is 9. The van der Waals surface area contributed by atoms with E-state index in [4.69, 9.17) is 9.79 Å². The minimum absolute atomic E-state index is 0.157. The predicted molar refractivity (Wildman–Crippen MR) is 109 cm³/mol. The second-order valence-electron chi connectivity index (χ2n) is 6.77. The van der Waals surface area contributed by atoms with E-state index in [0.717, 1.165) is 5.56 Å². The summed E-state index contributed by atoms with van der Waals surface area (Å²) in [4.78, 5) is 51.4. The van der Waals surface area contributed by atoms with Crippen LogP contribution in [0.5, 0.6) is 0 Å². The van der Waals surface area contributed by atoms with Gasteiger partial charge in [0.25, 0.3) is 5.56 Å². The summed E-state index contributed by atoms with van der Waals surface area (Å²) in [6.45, 7) is 0.386. The molecule has 3 atom stereocenters. The molecule has 0 fully saturated rings. The maximum Gasteiger partial charge on any atom is 0.469 e. The van der Waals surface area contributed by atoms with E-state index in [0.29, 0.717) is 15.5 Å². The zero-order valence-corrected chi connectivity index (χ0v) is 18.3. The quantitative estimate of drug-likeness (QED) is 0.162. The molecule has 0 saturated carbocycles. The van der Waals surface area contributed by atoms with E-state index >= 15 is 0 Å². The third kappa shape index (κ3) is 5.25. The first-order chi connectivity index (χ1) is 14.4. The highest BCUT2D eigenvalue weighted by molar-refractivity contribution is 9.10. The Morgan fingerprint density at radius 1 is 1.19 bits per heavy atom. The molecule has 0 bridgehead atoms. The van der Waals surface area contributed by atoms with Gasteiger partial charge in [0, 0.05) is 4.47 Å². The summed E-state index contributed by atoms with van der Waals surface area (Å²) >= 11 is 3.36. The van der Waals surface area contributed by atoms with Gasteiger partial charge in [0.15, 0.2) is 11.5 Å². The van der Waals surface area contributed by atoms with Gasteiger partial charge < -0.3 is 29.7 Å². The van der Waals surface area contributed by atoms with Crippen LogP contribution in [0.3, 0.4) is 0 Å². The number of aryl methyl sites for hydroxylation is 1. The number of benzene rings is 1. The van der Waals surface area contributed by atoms with Gasteiger partial charge in [-0.2, -0.15) is 4.98 Å². The molecule has 3 rings (SSSR count). The molecule has 0 aromatic heterocycles. The van der Waals surface area contributed by atoms with Gasteiger partial charge in [0.05, 0.1) is 24.2 Å². The number of phosphoric ester groups is 1. The Bertz CT molecular complexity index is 1260. The van der Waals surface area contributed by atoms with Gasteiger partial charge in [-0.05, 0) is 24.6 Å². The van der Waals surface area contributed by atoms with Gasteiger partial charge in [-0.1, -0.05) is 15.9 Å². The number of aliphatic hydroxyl groups is 3. The third-order valence-electron chi connectivity index (χ3n) is 4.46. The van der Waals surface area contributed by atoms with Gasteiger partial charge in [-0.15, -0.1) is 0 Å². The van der Waals surface area contributed by atoms with Crippen molar-refractivity contribution in [1.82, 2.24) is 19.5 Å². The zero-order valence-electron chi connectivity index (χ0n) is 15.8. The van der Waals surface area contributed by atoms with Crippen LogP contribution in [0.15, 0.2) is 26.2 Å². The summed E-state index contributed by atoms with van der Waals surface area (Å²) in [7, 11) is -4.90. The van der Waals surface area contributed by atoms with Crippen LogP contribution in [0.1, 0.15) is 5.56 Å². The van der Waals surface area contributed by atoms with Crippen molar-refractivity contribution in [2.24, 2.45) is 0 Å². The van der Waals surface area contributed by atoms with Crippen molar-refractivity contribution in [2.75, 3.05) is 6.61 Å². The van der Waals surface area contributed by atoms with Crippen molar-refractivity contribution in [2.45, 2.75) is 31.8 Å². The van der Waals surface area contributed by atoms with Crippen molar-refractivity contribution in [3.8, 4) is 11.5 Å². The molecule has 0 spiro atoms. The zero-order chi connectivity index (χ0) is 23.1. The smallest absolute Gasteiger partial charge is 0.388 e. The molecule has 0 aliphatic carbocycles. The third-order valence-corrected chi connectivity index (χ3v) is 5.80. The lowest BCUT2D eigenvalue weighted by Gasteiger charge is -2.25. The topological polar surface area (TPSA) is 208 Å². The Labute approximate surface area is 181 Å². The number of nitrogens with zero attached hydrogens (tertiary/aromatic N) is 3. The Hall–Kier alpha value is -2.03. The molecule has 0 saturated heterocycles. The maximum absolute atomic E-state index is 12.2. The van der Waals surface area contributed by atoms with E-state index < -0.39 is 50.5 Å². The molecule has 2 aliphatic heterocycles. The fourth-order valence-electron chi connectivity index (χ4n) is 2.93. The maximum atomic E-state index is 12.2. The lowest BCUT2D eigenvalue weighted by atomic mass is 10.1. The minimum Gasteiger partial charge on any atom is -0.388 e. The summed E-state index contributed by atoms with van der Waals surface area (Å²) < 4.78 is 16.9. The fourth-order valence-corrected chi connectivity index (χ4v) is 3.61. The second-order valence-corrected chi connectivity index (χ2v) is 8.86. The van der Waals surface area contributed by atoms with Crippen molar-refractivity contribution in [3.05, 3.63) is 43.0 Å². The van der Waals surface area contributed by atoms with Crippen molar-refractivity contribution < 1.29 is 34.2 Å². The normalized spacial score (nSPS) is 15.3. The Kier molecular flexibility index (Phi) is 6.74. The Balaban J connectivity index is 2.06. The SMILES string of the molecule is Cc1cc2c(cc1Br)nc1c(=O)[nH]c(=O)nc-1n2CC(O)C(O)C(O)COP(=O)(O)O. The number of H-pyrrole nitrogens is 1. The van der Waals surface area contributed by atoms with Crippen LogP contribution in [-0.2, 0) is 15.6 Å². The van der Waals surface area contributed by atoms with Gasteiger partial charge in [-0.3, -0.25) is 14.3 Å². The van der Waals surface area contributed by atoms with Gasteiger partial charge >= 0.3 is 13.5 Å². The van der Waals surface area contributed by atoms with E-state index in [2.05, 4.69) is 30.4 Å². The van der Waals surface area contributed by atoms with E-state index in [1.165, 1.54) is 4.57 Å².